The van der Waals surface area contributed by atoms with Crippen LogP contribution in [-0.4, -0.2) is 4.98 Å². The quantitative estimate of drug-likeness (QED) is 0.210. The van der Waals surface area contributed by atoms with Crippen LogP contribution in [0.1, 0.15) is 5.56 Å². The van der Waals surface area contributed by atoms with Crippen LogP contribution >= 0.6 is 15.6 Å². The van der Waals surface area contributed by atoms with Crippen LogP contribution in [0.2, 0.25) is 0 Å². The van der Waals surface area contributed by atoms with Crippen molar-refractivity contribution in [1.29, 1.82) is 0 Å². The number of halogens is 17. The summed E-state index contributed by atoms with van der Waals surface area (Å²) in [5, 5.41) is 0. The van der Waals surface area contributed by atoms with Crippen LogP contribution in [0.25, 0.3) is 11.3 Å². The molecule has 1 aromatic heterocycles. The number of pyridine rings is 1. The van der Waals surface area contributed by atoms with E-state index in [-0.39, 0.29) is 15.3 Å². The number of alkyl halides is 3. The zero-order valence-corrected chi connectivity index (χ0v) is 18.7. The summed E-state index contributed by atoms with van der Waals surface area (Å²) in [6, 6.07) is 3.64. The van der Waals surface area contributed by atoms with Gasteiger partial charge in [-0.1, -0.05) is 0 Å². The molecule has 0 radical (unpaired) electrons. The Morgan fingerprint density at radius 3 is 1.36 bits per heavy atom. The molecule has 2 rings (SSSR count). The first-order chi connectivity index (χ1) is 13.7. The van der Waals surface area contributed by atoms with E-state index in [0.717, 1.165) is 18.2 Å². The predicted molar refractivity (Wildman–Crippen MR) is 81.4 cm³/mol. The molecule has 0 amide bonds. The van der Waals surface area contributed by atoms with Crippen molar-refractivity contribution in [2.45, 2.75) is 6.18 Å². The van der Waals surface area contributed by atoms with Gasteiger partial charge in [-0.25, -0.2) is 0 Å². The predicted octanol–water partition coefficient (Wildman–Crippen LogP) is 9.98. The molecule has 0 fully saturated rings. The summed E-state index contributed by atoms with van der Waals surface area (Å²) in [6.07, 6.45) is -3.88. The van der Waals surface area contributed by atoms with E-state index < -0.39 is 39.0 Å². The molecule has 33 heavy (non-hydrogen) atoms. The Hall–Kier alpha value is -1.31. The van der Waals surface area contributed by atoms with Gasteiger partial charge in [0.15, 0.2) is 0 Å². The van der Waals surface area contributed by atoms with E-state index in [1.807, 2.05) is 0 Å². The molecule has 0 bridgehead atoms. The molecule has 1 nitrogen and oxygen atoms in total. The average molecular weight is 740 g/mol. The van der Waals surface area contributed by atoms with Gasteiger partial charge in [0.25, 0.3) is 0 Å². The van der Waals surface area contributed by atoms with E-state index in [2.05, 4.69) is 4.98 Å². The third kappa shape index (κ3) is 21.0. The van der Waals surface area contributed by atoms with Crippen LogP contribution in [0.5, 0.6) is 0 Å². The number of hydrogen-bond donors (Lipinski definition) is 0. The molecule has 0 aliphatic carbocycles. The van der Waals surface area contributed by atoms with Crippen LogP contribution in [0.3, 0.4) is 0 Å². The number of benzene rings is 1. The van der Waals surface area contributed by atoms with Gasteiger partial charge in [-0.05, 0) is 0 Å². The fourth-order valence-corrected chi connectivity index (χ4v) is 2.40. The summed E-state index contributed by atoms with van der Waals surface area (Å²) >= 11 is 1.46. The van der Waals surface area contributed by atoms with Gasteiger partial charge < -0.3 is 0 Å². The molecule has 0 saturated heterocycles. The molecule has 0 N–H and O–H groups in total. The van der Waals surface area contributed by atoms with Crippen molar-refractivity contribution in [3.63, 3.8) is 0 Å². The second-order valence-electron chi connectivity index (χ2n) is 5.57. The number of aromatic nitrogens is 1. The minimum atomic E-state index is -10.7. The minimum absolute atomic E-state index is 0.00451. The van der Waals surface area contributed by atoms with Crippen molar-refractivity contribution in [2.75, 3.05) is 0 Å². The van der Waals surface area contributed by atoms with Crippen molar-refractivity contribution >= 4 is 19.7 Å². The monoisotopic (exact) mass is 741 g/mol. The molecule has 2 aromatic rings. The van der Waals surface area contributed by atoms with Crippen molar-refractivity contribution < 1.29 is 91.2 Å². The van der Waals surface area contributed by atoms with Crippen molar-refractivity contribution in [3.8, 4) is 11.3 Å². The van der Waals surface area contributed by atoms with Gasteiger partial charge in [-0.2, -0.15) is 0 Å². The maximum absolute atomic E-state index is 13.6. The third-order valence-corrected chi connectivity index (χ3v) is 3.28. The molecule has 0 saturated carbocycles. The fraction of sp³-hybridized carbons (Fsp3) is 0.0833. The van der Waals surface area contributed by atoms with Crippen molar-refractivity contribution in [1.82, 2.24) is 4.98 Å². The van der Waals surface area contributed by atoms with Crippen LogP contribution in [-0.2, 0) is 25.1 Å². The van der Waals surface area contributed by atoms with Gasteiger partial charge in [0.2, 0.25) is 0 Å². The van der Waals surface area contributed by atoms with Gasteiger partial charge in [0.05, 0.1) is 0 Å². The Balaban J connectivity index is 0.000000605. The van der Waals surface area contributed by atoms with E-state index in [1.165, 1.54) is 18.9 Å². The summed E-state index contributed by atoms with van der Waals surface area (Å²) in [6.45, 7) is 0. The van der Waals surface area contributed by atoms with Gasteiger partial charge in [-0.3, -0.25) is 0 Å². The average Bonchev–Trinajstić information content (AvgIpc) is 2.38. The van der Waals surface area contributed by atoms with E-state index in [0.29, 0.717) is 12.3 Å². The molecular weight excluding hydrogens is 735 g/mol. The first-order valence-electron chi connectivity index (χ1n) is 6.98. The molecule has 21 heteroatoms. The second-order valence-corrected chi connectivity index (χ2v) is 10.7. The normalized spacial score (nSPS) is 16.5. The van der Waals surface area contributed by atoms with Crippen molar-refractivity contribution in [2.24, 2.45) is 0 Å². The standard InChI is InChI=1S/C12H5F5N.2F6P.Ir/c13-8-2-3-9(10(14)5-8)11-4-1-7(6-18-11)12(15,16)17;2*1-7(2,3,4,5)6;/h1-2,4-6H;;;/q;2*-1;+2. The van der Waals surface area contributed by atoms with Crippen molar-refractivity contribution in [3.05, 3.63) is 47.7 Å². The van der Waals surface area contributed by atoms with Gasteiger partial charge in [0.1, 0.15) is 0 Å². The molecule has 0 atom stereocenters. The zero-order valence-electron chi connectivity index (χ0n) is 14.5. The number of nitrogens with zero attached hydrogens (tertiary/aromatic N) is 1. The molecular formula is C12H5F17IrNP2. The first-order valence-corrected chi connectivity index (χ1v) is 12.2. The molecule has 196 valence electrons. The van der Waals surface area contributed by atoms with Crippen LogP contribution in [0.4, 0.5) is 72.3 Å². The topological polar surface area (TPSA) is 12.9 Å². The Labute approximate surface area is 181 Å². The molecule has 0 aliphatic rings. The number of rotatable bonds is 1. The Morgan fingerprint density at radius 2 is 1.09 bits per heavy atom. The molecule has 0 unspecified atom stereocenters. The number of hydrogen-bond acceptors (Lipinski definition) is 1. The Kier molecular flexibility index (Phi) is 7.54. The maximum atomic E-state index is 13.6. The summed E-state index contributed by atoms with van der Waals surface area (Å²) in [7, 11) is -21.3. The van der Waals surface area contributed by atoms with E-state index in [9.17, 15) is 72.3 Å². The summed E-state index contributed by atoms with van der Waals surface area (Å²) < 4.78 is 182. The Bertz CT molecular complexity index is 916. The van der Waals surface area contributed by atoms with Crippen LogP contribution < -0.4 is 4.08 Å². The van der Waals surface area contributed by atoms with E-state index in [4.69, 9.17) is 0 Å². The van der Waals surface area contributed by atoms with Crippen LogP contribution in [0.15, 0.2) is 30.5 Å². The molecule has 0 spiro atoms. The van der Waals surface area contributed by atoms with Gasteiger partial charge >= 0.3 is 181 Å². The van der Waals surface area contributed by atoms with E-state index in [1.54, 1.807) is 0 Å². The molecule has 0 aliphatic heterocycles. The zero-order chi connectivity index (χ0) is 27.0. The SMILES string of the molecule is F[P-](F)(F)(F)(F)F.F[P-](F)(F)(F)(F)F.Fc1cc(F)c(-c2ccc(C(F)(F)F)cn2)[c]([Ir+2])c1. The molecule has 1 heterocycles. The third-order valence-electron chi connectivity index (χ3n) is 2.34. The van der Waals surface area contributed by atoms with Crippen LogP contribution in [0, 0.1) is 11.6 Å². The van der Waals surface area contributed by atoms with Gasteiger partial charge in [-0.15, -0.1) is 0 Å². The summed E-state index contributed by atoms with van der Waals surface area (Å²) in [5.74, 6) is -1.60. The Morgan fingerprint density at radius 1 is 0.697 bits per heavy atom. The van der Waals surface area contributed by atoms with E-state index >= 15 is 0 Å². The summed E-state index contributed by atoms with van der Waals surface area (Å²) in [4.78, 5) is 3.58. The second kappa shape index (κ2) is 7.85. The summed E-state index contributed by atoms with van der Waals surface area (Å²) in [5.41, 5.74) is -0.894. The first kappa shape index (κ1) is 31.7. The fourth-order valence-electron chi connectivity index (χ4n) is 1.48. The van der Waals surface area contributed by atoms with Gasteiger partial charge in [0, 0.05) is 0 Å². The molecule has 1 aromatic carbocycles.